The van der Waals surface area contributed by atoms with Crippen molar-refractivity contribution in [2.24, 2.45) is 0 Å². The van der Waals surface area contributed by atoms with Gasteiger partial charge < -0.3 is 23.9 Å². The van der Waals surface area contributed by atoms with Crippen molar-refractivity contribution in [3.63, 3.8) is 0 Å². The van der Waals surface area contributed by atoms with Crippen LogP contribution in [0.2, 0.25) is 0 Å². The van der Waals surface area contributed by atoms with Gasteiger partial charge in [-0.15, -0.1) is 0 Å². The topological polar surface area (TPSA) is 116 Å². The Balaban J connectivity index is 1.68. The van der Waals surface area contributed by atoms with E-state index in [-0.39, 0.29) is 13.0 Å². The van der Waals surface area contributed by atoms with Crippen molar-refractivity contribution < 1.29 is 33.0 Å². The van der Waals surface area contributed by atoms with Crippen LogP contribution in [0.25, 0.3) is 0 Å². The third-order valence-electron chi connectivity index (χ3n) is 3.65. The molecular weight excluding hydrogens is 368 g/mol. The van der Waals surface area contributed by atoms with Gasteiger partial charge in [0.15, 0.2) is 6.61 Å². The van der Waals surface area contributed by atoms with Crippen LogP contribution in [0, 0.1) is 0 Å². The summed E-state index contributed by atoms with van der Waals surface area (Å²) in [6.45, 7) is -0.412. The molecule has 0 saturated heterocycles. The number of aryl methyl sites for hydroxylation is 1. The van der Waals surface area contributed by atoms with Crippen LogP contribution in [0.15, 0.2) is 41.0 Å². The van der Waals surface area contributed by atoms with E-state index in [1.807, 2.05) is 0 Å². The minimum atomic E-state index is -0.728. The first kappa shape index (κ1) is 20.8. The monoisotopic (exact) mass is 390 g/mol. The maximum Gasteiger partial charge on any atom is 0.321 e. The van der Waals surface area contributed by atoms with Crippen LogP contribution in [-0.4, -0.2) is 38.7 Å². The van der Waals surface area contributed by atoms with Gasteiger partial charge in [0.25, 0.3) is 5.91 Å². The van der Waals surface area contributed by atoms with Gasteiger partial charge in [0.2, 0.25) is 0 Å². The zero-order valence-corrected chi connectivity index (χ0v) is 15.7. The molecule has 28 heavy (non-hydrogen) atoms. The van der Waals surface area contributed by atoms with E-state index in [0.717, 1.165) is 5.56 Å². The summed E-state index contributed by atoms with van der Waals surface area (Å²) in [5.41, 5.74) is 0.829. The zero-order valence-electron chi connectivity index (χ0n) is 15.7. The lowest BCUT2D eigenvalue weighted by Gasteiger charge is -2.09. The van der Waals surface area contributed by atoms with Crippen molar-refractivity contribution in [3.05, 3.63) is 47.9 Å². The van der Waals surface area contributed by atoms with E-state index in [4.69, 9.17) is 18.6 Å². The number of nitrogens with one attached hydrogen (secondary N) is 2. The van der Waals surface area contributed by atoms with Crippen molar-refractivity contribution in [2.45, 2.75) is 19.4 Å². The molecule has 0 aliphatic heterocycles. The van der Waals surface area contributed by atoms with Gasteiger partial charge in [0.1, 0.15) is 17.3 Å². The van der Waals surface area contributed by atoms with Crippen molar-refractivity contribution in [1.29, 1.82) is 0 Å². The second kappa shape index (κ2) is 10.6. The van der Waals surface area contributed by atoms with Gasteiger partial charge >= 0.3 is 12.0 Å². The average Bonchev–Trinajstić information content (AvgIpc) is 3.22. The molecule has 3 amide bonds. The highest BCUT2D eigenvalue weighted by Gasteiger charge is 2.12. The maximum absolute atomic E-state index is 11.8. The van der Waals surface area contributed by atoms with Gasteiger partial charge in [-0.3, -0.25) is 14.9 Å². The molecule has 0 fully saturated rings. The Morgan fingerprint density at radius 3 is 2.39 bits per heavy atom. The first-order chi connectivity index (χ1) is 13.5. The SMILES string of the molecule is COc1cc(CCC(=O)OCC(=O)NC(=O)NCc2ccco2)cc(OC)c1. The molecule has 0 bridgehead atoms. The number of carbonyl (C=O) groups is 3. The normalized spacial score (nSPS) is 10.1. The number of esters is 1. The van der Waals surface area contributed by atoms with Crippen molar-refractivity contribution in [1.82, 2.24) is 10.6 Å². The second-order valence-corrected chi connectivity index (χ2v) is 5.69. The van der Waals surface area contributed by atoms with Crippen LogP contribution in [0.4, 0.5) is 4.79 Å². The summed E-state index contributed by atoms with van der Waals surface area (Å²) >= 11 is 0. The predicted octanol–water partition coefficient (Wildman–Crippen LogP) is 1.80. The molecular formula is C19H22N2O7. The zero-order chi connectivity index (χ0) is 20.4. The first-order valence-electron chi connectivity index (χ1n) is 8.47. The number of rotatable bonds is 9. The molecule has 0 radical (unpaired) electrons. The van der Waals surface area contributed by atoms with E-state index in [9.17, 15) is 14.4 Å². The van der Waals surface area contributed by atoms with Crippen LogP contribution in [0.5, 0.6) is 11.5 Å². The number of furan rings is 1. The van der Waals surface area contributed by atoms with Gasteiger partial charge in [-0.25, -0.2) is 4.79 Å². The molecule has 0 unspecified atom stereocenters. The van der Waals surface area contributed by atoms with Crippen molar-refractivity contribution in [3.8, 4) is 11.5 Å². The summed E-state index contributed by atoms with van der Waals surface area (Å²) in [5, 5.41) is 4.50. The third kappa shape index (κ3) is 7.02. The largest absolute Gasteiger partial charge is 0.497 e. The van der Waals surface area contributed by atoms with Gasteiger partial charge in [-0.1, -0.05) is 0 Å². The summed E-state index contributed by atoms with van der Waals surface area (Å²) in [4.78, 5) is 35.0. The molecule has 1 heterocycles. The number of hydrogen-bond donors (Lipinski definition) is 2. The Morgan fingerprint density at radius 1 is 1.07 bits per heavy atom. The fraction of sp³-hybridized carbons (Fsp3) is 0.316. The molecule has 150 valence electrons. The molecule has 2 N–H and O–H groups in total. The number of ether oxygens (including phenoxy) is 3. The standard InChI is InChI=1S/C19H22N2O7/c1-25-15-8-13(9-16(10-15)26-2)5-6-18(23)28-12-17(22)21-19(24)20-11-14-4-3-7-27-14/h3-4,7-10H,5-6,11-12H2,1-2H3,(H2,20,21,22,24). The van der Waals surface area contributed by atoms with Crippen molar-refractivity contribution in [2.75, 3.05) is 20.8 Å². The van der Waals surface area contributed by atoms with E-state index in [0.29, 0.717) is 23.7 Å². The molecule has 0 spiro atoms. The minimum absolute atomic E-state index is 0.0638. The quantitative estimate of drug-likeness (QED) is 0.627. The predicted molar refractivity (Wildman–Crippen MR) is 97.9 cm³/mol. The molecule has 0 aliphatic carbocycles. The lowest BCUT2D eigenvalue weighted by molar-refractivity contribution is -0.148. The first-order valence-corrected chi connectivity index (χ1v) is 8.47. The molecule has 0 atom stereocenters. The molecule has 0 saturated carbocycles. The van der Waals surface area contributed by atoms with Crippen LogP contribution in [-0.2, 0) is 27.3 Å². The van der Waals surface area contributed by atoms with Crippen LogP contribution >= 0.6 is 0 Å². The van der Waals surface area contributed by atoms with E-state index in [1.54, 1.807) is 30.3 Å². The van der Waals surface area contributed by atoms with Gasteiger partial charge in [-0.2, -0.15) is 0 Å². The Morgan fingerprint density at radius 2 is 1.79 bits per heavy atom. The average molecular weight is 390 g/mol. The van der Waals surface area contributed by atoms with E-state index >= 15 is 0 Å². The fourth-order valence-electron chi connectivity index (χ4n) is 2.26. The Kier molecular flexibility index (Phi) is 7.89. The number of carbonyl (C=O) groups excluding carboxylic acids is 3. The summed E-state index contributed by atoms with van der Waals surface area (Å²) < 4.78 is 20.3. The Bertz CT molecular complexity index is 780. The molecule has 1 aromatic carbocycles. The third-order valence-corrected chi connectivity index (χ3v) is 3.65. The molecule has 1 aromatic heterocycles. The summed E-state index contributed by atoms with van der Waals surface area (Å²) in [5.74, 6) is 0.481. The number of benzene rings is 1. The van der Waals surface area contributed by atoms with Crippen molar-refractivity contribution >= 4 is 17.9 Å². The van der Waals surface area contributed by atoms with E-state index < -0.39 is 24.5 Å². The van der Waals surface area contributed by atoms with Crippen LogP contribution in [0.1, 0.15) is 17.7 Å². The maximum atomic E-state index is 11.8. The lowest BCUT2D eigenvalue weighted by atomic mass is 10.1. The highest BCUT2D eigenvalue weighted by molar-refractivity contribution is 5.95. The van der Waals surface area contributed by atoms with Gasteiger partial charge in [0.05, 0.1) is 27.0 Å². The van der Waals surface area contributed by atoms with Gasteiger partial charge in [0, 0.05) is 12.5 Å². The number of urea groups is 1. The molecule has 9 nitrogen and oxygen atoms in total. The summed E-state index contributed by atoms with van der Waals surface area (Å²) in [6.07, 6.45) is 1.92. The van der Waals surface area contributed by atoms with Crippen LogP contribution in [0.3, 0.4) is 0 Å². The van der Waals surface area contributed by atoms with Crippen LogP contribution < -0.4 is 20.1 Å². The Labute approximate surface area is 161 Å². The second-order valence-electron chi connectivity index (χ2n) is 5.69. The summed E-state index contributed by atoms with van der Waals surface area (Å²) in [6, 6.07) is 7.95. The highest BCUT2D eigenvalue weighted by Crippen LogP contribution is 2.23. The molecule has 0 aliphatic rings. The van der Waals surface area contributed by atoms with Gasteiger partial charge in [-0.05, 0) is 36.2 Å². The number of hydrogen-bond acceptors (Lipinski definition) is 7. The Hall–Kier alpha value is -3.49. The minimum Gasteiger partial charge on any atom is -0.497 e. The molecule has 2 aromatic rings. The fourth-order valence-corrected chi connectivity index (χ4v) is 2.26. The summed E-state index contributed by atoms with van der Waals surface area (Å²) in [7, 11) is 3.08. The lowest BCUT2D eigenvalue weighted by Crippen LogP contribution is -2.41. The number of methoxy groups -OCH3 is 2. The number of amides is 3. The smallest absolute Gasteiger partial charge is 0.321 e. The molecule has 2 rings (SSSR count). The highest BCUT2D eigenvalue weighted by atomic mass is 16.5. The molecule has 9 heteroatoms. The van der Waals surface area contributed by atoms with E-state index in [2.05, 4.69) is 10.6 Å². The number of imide groups is 1. The van der Waals surface area contributed by atoms with E-state index in [1.165, 1.54) is 20.5 Å².